The number of carbonyl (C=O) groups excluding carboxylic acids is 2. The summed E-state index contributed by atoms with van der Waals surface area (Å²) < 4.78 is 0. The second-order valence-electron chi connectivity index (χ2n) is 4.15. The monoisotopic (exact) mass is 247 g/mol. The smallest absolute Gasteiger partial charge is 0.221 e. The zero-order valence-electron chi connectivity index (χ0n) is 9.84. The average Bonchev–Trinajstić information content (AvgIpc) is 2.20. The summed E-state index contributed by atoms with van der Waals surface area (Å²) in [4.78, 5) is 20.9. The summed E-state index contributed by atoms with van der Waals surface area (Å²) in [6.07, 6.45) is 9.74. The van der Waals surface area contributed by atoms with Gasteiger partial charge in [0.25, 0.3) is 0 Å². The predicted octanol–water partition coefficient (Wildman–Crippen LogP) is 3.14. The van der Waals surface area contributed by atoms with Gasteiger partial charge in [-0.1, -0.05) is 38.5 Å². The number of rotatable bonds is 11. The maximum Gasteiger partial charge on any atom is 0.221 e. The number of unbranched alkanes of at least 4 members (excludes halogenated alkanes) is 7. The van der Waals surface area contributed by atoms with E-state index in [0.29, 0.717) is 12.8 Å². The van der Waals surface area contributed by atoms with E-state index in [1.165, 1.54) is 25.7 Å². The number of carbonyl (C=O) groups is 2. The second kappa shape index (κ2) is 10.9. The number of primary amides is 1. The molecule has 0 aliphatic rings. The fourth-order valence-electron chi connectivity index (χ4n) is 1.62. The van der Waals surface area contributed by atoms with Crippen LogP contribution < -0.4 is 5.73 Å². The Morgan fingerprint density at radius 2 is 1.12 bits per heavy atom. The molecule has 3 nitrogen and oxygen atoms in total. The highest BCUT2D eigenvalue weighted by Gasteiger charge is 1.97. The summed E-state index contributed by atoms with van der Waals surface area (Å²) in [6.45, 7) is 0. The number of halogens is 1. The van der Waals surface area contributed by atoms with Gasteiger partial charge in [-0.15, -0.1) is 0 Å². The molecular weight excluding hydrogens is 226 g/mol. The Balaban J connectivity index is 2.98. The van der Waals surface area contributed by atoms with Crippen LogP contribution in [0.4, 0.5) is 0 Å². The van der Waals surface area contributed by atoms with Gasteiger partial charge < -0.3 is 5.73 Å². The van der Waals surface area contributed by atoms with Crippen LogP contribution in [-0.4, -0.2) is 11.1 Å². The van der Waals surface area contributed by atoms with Crippen LogP contribution in [0.2, 0.25) is 0 Å². The number of amides is 1. The standard InChI is InChI=1S/C12H22ClNO2/c13-11(15)9-7-5-3-1-2-4-6-8-10-12(14)16/h1-10H2,(H2,14,16). The Hall–Kier alpha value is -0.570. The van der Waals surface area contributed by atoms with E-state index < -0.39 is 0 Å². The molecule has 0 radical (unpaired) electrons. The summed E-state index contributed by atoms with van der Waals surface area (Å²) in [7, 11) is 0. The Morgan fingerprint density at radius 3 is 1.50 bits per heavy atom. The van der Waals surface area contributed by atoms with Crippen molar-refractivity contribution in [1.82, 2.24) is 0 Å². The summed E-state index contributed by atoms with van der Waals surface area (Å²) in [5.41, 5.74) is 5.04. The van der Waals surface area contributed by atoms with Gasteiger partial charge in [0.2, 0.25) is 11.1 Å². The van der Waals surface area contributed by atoms with Crippen molar-refractivity contribution in [3.05, 3.63) is 0 Å². The first-order valence-electron chi connectivity index (χ1n) is 6.09. The van der Waals surface area contributed by atoms with Crippen LogP contribution in [0.15, 0.2) is 0 Å². The van der Waals surface area contributed by atoms with Crippen LogP contribution in [0.1, 0.15) is 64.2 Å². The van der Waals surface area contributed by atoms with E-state index >= 15 is 0 Å². The van der Waals surface area contributed by atoms with Gasteiger partial charge in [0.15, 0.2) is 0 Å². The minimum absolute atomic E-state index is 0.203. The summed E-state index contributed by atoms with van der Waals surface area (Å²) in [5.74, 6) is -0.203. The molecule has 0 saturated carbocycles. The molecule has 1 amide bonds. The molecule has 0 heterocycles. The van der Waals surface area contributed by atoms with E-state index in [1.54, 1.807) is 0 Å². The minimum atomic E-state index is -0.230. The molecule has 0 atom stereocenters. The van der Waals surface area contributed by atoms with E-state index in [-0.39, 0.29) is 11.1 Å². The molecule has 0 aromatic heterocycles. The lowest BCUT2D eigenvalue weighted by Crippen LogP contribution is -2.09. The molecule has 0 spiro atoms. The fourth-order valence-corrected chi connectivity index (χ4v) is 1.76. The molecule has 0 aliphatic heterocycles. The van der Waals surface area contributed by atoms with Crippen LogP contribution in [0.25, 0.3) is 0 Å². The first kappa shape index (κ1) is 15.4. The van der Waals surface area contributed by atoms with E-state index in [1.807, 2.05) is 0 Å². The third-order valence-corrected chi connectivity index (χ3v) is 2.74. The van der Waals surface area contributed by atoms with E-state index in [4.69, 9.17) is 17.3 Å². The lowest BCUT2D eigenvalue weighted by atomic mass is 10.1. The molecule has 94 valence electrons. The van der Waals surface area contributed by atoms with Crippen molar-refractivity contribution >= 4 is 22.8 Å². The predicted molar refractivity (Wildman–Crippen MR) is 66.2 cm³/mol. The van der Waals surface area contributed by atoms with Crippen LogP contribution in [0, 0.1) is 0 Å². The SMILES string of the molecule is NC(=O)CCCCCCCCCCC(=O)Cl. The fraction of sp³-hybridized carbons (Fsp3) is 0.833. The third-order valence-electron chi connectivity index (χ3n) is 2.55. The Bertz CT molecular complexity index is 185. The maximum atomic E-state index is 10.4. The normalized spacial score (nSPS) is 10.3. The lowest BCUT2D eigenvalue weighted by molar-refractivity contribution is -0.118. The topological polar surface area (TPSA) is 60.2 Å². The lowest BCUT2D eigenvalue weighted by Gasteiger charge is -2.00. The minimum Gasteiger partial charge on any atom is -0.370 e. The zero-order valence-corrected chi connectivity index (χ0v) is 10.6. The average molecular weight is 248 g/mol. The van der Waals surface area contributed by atoms with E-state index in [0.717, 1.165) is 25.7 Å². The first-order chi connectivity index (χ1) is 7.63. The van der Waals surface area contributed by atoms with E-state index in [9.17, 15) is 9.59 Å². The molecule has 0 aromatic carbocycles. The number of nitrogens with two attached hydrogens (primary N) is 1. The molecule has 16 heavy (non-hydrogen) atoms. The van der Waals surface area contributed by atoms with Crippen LogP contribution in [0.5, 0.6) is 0 Å². The quantitative estimate of drug-likeness (QED) is 0.450. The molecule has 0 rings (SSSR count). The Kier molecular flexibility index (Phi) is 10.5. The van der Waals surface area contributed by atoms with Crippen LogP contribution in [-0.2, 0) is 9.59 Å². The van der Waals surface area contributed by atoms with Gasteiger partial charge in [0.1, 0.15) is 0 Å². The number of hydrogen-bond acceptors (Lipinski definition) is 2. The third kappa shape index (κ3) is 13.4. The van der Waals surface area contributed by atoms with Gasteiger partial charge in [-0.3, -0.25) is 9.59 Å². The van der Waals surface area contributed by atoms with Gasteiger partial charge >= 0.3 is 0 Å². The molecule has 0 unspecified atom stereocenters. The molecule has 0 saturated heterocycles. The van der Waals surface area contributed by atoms with Gasteiger partial charge in [0, 0.05) is 12.8 Å². The van der Waals surface area contributed by atoms with Crippen molar-refractivity contribution in [3.63, 3.8) is 0 Å². The van der Waals surface area contributed by atoms with Crippen molar-refractivity contribution < 1.29 is 9.59 Å². The molecule has 4 heteroatoms. The van der Waals surface area contributed by atoms with Crippen molar-refractivity contribution in [2.24, 2.45) is 5.73 Å². The van der Waals surface area contributed by atoms with Crippen molar-refractivity contribution in [2.75, 3.05) is 0 Å². The highest BCUT2D eigenvalue weighted by Crippen LogP contribution is 2.10. The second-order valence-corrected chi connectivity index (χ2v) is 4.57. The van der Waals surface area contributed by atoms with Crippen molar-refractivity contribution in [2.45, 2.75) is 64.2 Å². The van der Waals surface area contributed by atoms with Gasteiger partial charge in [-0.25, -0.2) is 0 Å². The Morgan fingerprint density at radius 1 is 0.750 bits per heavy atom. The summed E-state index contributed by atoms with van der Waals surface area (Å²) in [5, 5.41) is -0.230. The van der Waals surface area contributed by atoms with Crippen molar-refractivity contribution in [1.29, 1.82) is 0 Å². The number of hydrogen-bond donors (Lipinski definition) is 1. The summed E-state index contributed by atoms with van der Waals surface area (Å²) >= 11 is 5.22. The zero-order chi connectivity index (χ0) is 12.2. The van der Waals surface area contributed by atoms with E-state index in [2.05, 4.69) is 0 Å². The maximum absolute atomic E-state index is 10.4. The van der Waals surface area contributed by atoms with Gasteiger partial charge in [-0.2, -0.15) is 0 Å². The van der Waals surface area contributed by atoms with Gasteiger partial charge in [0.05, 0.1) is 0 Å². The summed E-state index contributed by atoms with van der Waals surface area (Å²) in [6, 6.07) is 0. The molecule has 0 fully saturated rings. The van der Waals surface area contributed by atoms with Crippen molar-refractivity contribution in [3.8, 4) is 0 Å². The molecule has 2 N–H and O–H groups in total. The molecular formula is C12H22ClNO2. The highest BCUT2D eigenvalue weighted by atomic mass is 35.5. The molecule has 0 bridgehead atoms. The van der Waals surface area contributed by atoms with Gasteiger partial charge in [-0.05, 0) is 24.4 Å². The van der Waals surface area contributed by atoms with Crippen LogP contribution >= 0.6 is 11.6 Å². The first-order valence-corrected chi connectivity index (χ1v) is 6.47. The molecule has 0 aliphatic carbocycles. The highest BCUT2D eigenvalue weighted by molar-refractivity contribution is 6.63. The largest absolute Gasteiger partial charge is 0.370 e. The Labute approximate surface area is 103 Å². The molecule has 0 aromatic rings. The van der Waals surface area contributed by atoms with Crippen LogP contribution in [0.3, 0.4) is 0 Å².